The molecule has 0 saturated carbocycles. The smallest absolute Gasteiger partial charge is 0.139 e. The molecule has 0 amide bonds. The van der Waals surface area contributed by atoms with Crippen molar-refractivity contribution in [2.24, 2.45) is 5.73 Å². The van der Waals surface area contributed by atoms with Gasteiger partial charge in [0.25, 0.3) is 0 Å². The Hall–Kier alpha value is -1.80. The third-order valence-electron chi connectivity index (χ3n) is 4.08. The van der Waals surface area contributed by atoms with Crippen LogP contribution >= 0.6 is 0 Å². The summed E-state index contributed by atoms with van der Waals surface area (Å²) in [5.74, 6) is 0.921. The van der Waals surface area contributed by atoms with Crippen LogP contribution in [-0.2, 0) is 0 Å². The van der Waals surface area contributed by atoms with Crippen LogP contribution in [0.25, 0.3) is 0 Å². The molecule has 0 bridgehead atoms. The number of nitrogens with two attached hydrogens (primary N) is 1. The molecular weight excluding hydrogens is 258 g/mol. The van der Waals surface area contributed by atoms with E-state index < -0.39 is 0 Å². The van der Waals surface area contributed by atoms with Crippen molar-refractivity contribution >= 4 is 0 Å². The maximum Gasteiger partial charge on any atom is 0.139 e. The summed E-state index contributed by atoms with van der Waals surface area (Å²) in [4.78, 5) is 0. The first-order valence-corrected chi connectivity index (χ1v) is 7.58. The van der Waals surface area contributed by atoms with Crippen molar-refractivity contribution in [3.63, 3.8) is 0 Å². The van der Waals surface area contributed by atoms with Crippen molar-refractivity contribution in [1.82, 2.24) is 0 Å². The average Bonchev–Trinajstić information content (AvgIpc) is 2.49. The van der Waals surface area contributed by atoms with Gasteiger partial charge in [-0.1, -0.05) is 48.9 Å². The average molecular weight is 283 g/mol. The van der Waals surface area contributed by atoms with Crippen LogP contribution in [-0.4, -0.2) is 6.04 Å². The maximum atomic E-state index is 6.30. The lowest BCUT2D eigenvalue weighted by Gasteiger charge is -2.26. The van der Waals surface area contributed by atoms with E-state index in [-0.39, 0.29) is 12.1 Å². The highest BCUT2D eigenvalue weighted by molar-refractivity contribution is 5.39. The largest absolute Gasteiger partial charge is 0.484 e. The number of benzene rings is 2. The summed E-state index contributed by atoms with van der Waals surface area (Å²) in [7, 11) is 0. The molecule has 2 atom stereocenters. The van der Waals surface area contributed by atoms with Gasteiger partial charge in [0.2, 0.25) is 0 Å². The quantitative estimate of drug-likeness (QED) is 0.878. The fourth-order valence-corrected chi connectivity index (χ4v) is 2.36. The zero-order chi connectivity index (χ0) is 15.4. The van der Waals surface area contributed by atoms with Crippen LogP contribution in [0.5, 0.6) is 5.75 Å². The van der Waals surface area contributed by atoms with Crippen LogP contribution in [0.4, 0.5) is 0 Å². The van der Waals surface area contributed by atoms with Gasteiger partial charge >= 0.3 is 0 Å². The Morgan fingerprint density at radius 1 is 1.00 bits per heavy atom. The molecule has 2 N–H and O–H groups in total. The van der Waals surface area contributed by atoms with Crippen molar-refractivity contribution < 1.29 is 4.74 Å². The molecule has 0 aliphatic heterocycles. The van der Waals surface area contributed by atoms with Crippen LogP contribution < -0.4 is 10.5 Å². The van der Waals surface area contributed by atoms with E-state index >= 15 is 0 Å². The standard InChI is InChI=1S/C19H25NO/c1-5-17(20)19(16-11-9-13(2)10-12-16)21-18-8-6-7-14(3)15(18)4/h6-12,17,19H,5,20H2,1-4H3. The zero-order valence-electron chi connectivity index (χ0n) is 13.4. The highest BCUT2D eigenvalue weighted by Gasteiger charge is 2.21. The van der Waals surface area contributed by atoms with E-state index in [1.54, 1.807) is 0 Å². The first-order chi connectivity index (χ1) is 10.0. The highest BCUT2D eigenvalue weighted by atomic mass is 16.5. The topological polar surface area (TPSA) is 35.2 Å². The first kappa shape index (κ1) is 15.6. The second kappa shape index (κ2) is 6.77. The lowest BCUT2D eigenvalue weighted by atomic mass is 9.99. The summed E-state index contributed by atoms with van der Waals surface area (Å²) in [6, 6.07) is 14.6. The van der Waals surface area contributed by atoms with Gasteiger partial charge in [-0.3, -0.25) is 0 Å². The molecule has 0 heterocycles. The minimum Gasteiger partial charge on any atom is -0.484 e. The van der Waals surface area contributed by atoms with Crippen LogP contribution in [0, 0.1) is 20.8 Å². The molecular formula is C19H25NO. The fourth-order valence-electron chi connectivity index (χ4n) is 2.36. The number of rotatable bonds is 5. The monoisotopic (exact) mass is 283 g/mol. The van der Waals surface area contributed by atoms with Crippen LogP contribution in [0.1, 0.15) is 41.7 Å². The summed E-state index contributed by atoms with van der Waals surface area (Å²) in [5, 5.41) is 0. The molecule has 2 rings (SSSR count). The third kappa shape index (κ3) is 3.64. The van der Waals surface area contributed by atoms with Gasteiger partial charge in [-0.2, -0.15) is 0 Å². The summed E-state index contributed by atoms with van der Waals surface area (Å²) in [6.45, 7) is 8.37. The van der Waals surface area contributed by atoms with E-state index in [2.05, 4.69) is 58.0 Å². The Morgan fingerprint density at radius 3 is 2.29 bits per heavy atom. The molecule has 0 aromatic heterocycles. The summed E-state index contributed by atoms with van der Waals surface area (Å²) < 4.78 is 6.28. The molecule has 0 saturated heterocycles. The van der Waals surface area contributed by atoms with Gasteiger partial charge < -0.3 is 10.5 Å². The van der Waals surface area contributed by atoms with Crippen molar-refractivity contribution in [1.29, 1.82) is 0 Å². The van der Waals surface area contributed by atoms with Crippen LogP contribution in [0.2, 0.25) is 0 Å². The van der Waals surface area contributed by atoms with E-state index in [0.29, 0.717) is 0 Å². The number of hydrogen-bond donors (Lipinski definition) is 1. The zero-order valence-corrected chi connectivity index (χ0v) is 13.4. The van der Waals surface area contributed by atoms with E-state index in [1.165, 1.54) is 16.7 Å². The molecule has 0 aliphatic rings. The molecule has 0 fully saturated rings. The highest BCUT2D eigenvalue weighted by Crippen LogP contribution is 2.29. The molecule has 0 radical (unpaired) electrons. The SMILES string of the molecule is CCC(N)C(Oc1cccc(C)c1C)c1ccc(C)cc1. The predicted molar refractivity (Wildman–Crippen MR) is 88.7 cm³/mol. The Balaban J connectivity index is 2.33. The maximum absolute atomic E-state index is 6.30. The van der Waals surface area contributed by atoms with E-state index in [0.717, 1.165) is 17.7 Å². The molecule has 2 nitrogen and oxygen atoms in total. The van der Waals surface area contributed by atoms with Gasteiger partial charge in [0.05, 0.1) is 0 Å². The minimum atomic E-state index is -0.115. The Morgan fingerprint density at radius 2 is 1.67 bits per heavy atom. The number of ether oxygens (including phenoxy) is 1. The van der Waals surface area contributed by atoms with E-state index in [4.69, 9.17) is 10.5 Å². The molecule has 2 aromatic rings. The van der Waals surface area contributed by atoms with Crippen molar-refractivity contribution in [3.05, 3.63) is 64.7 Å². The molecule has 112 valence electrons. The molecule has 2 unspecified atom stereocenters. The van der Waals surface area contributed by atoms with Crippen LogP contribution in [0.3, 0.4) is 0 Å². The van der Waals surface area contributed by atoms with Crippen molar-refractivity contribution in [2.75, 3.05) is 0 Å². The second-order valence-corrected chi connectivity index (χ2v) is 5.72. The lowest BCUT2D eigenvalue weighted by molar-refractivity contribution is 0.170. The summed E-state index contributed by atoms with van der Waals surface area (Å²) in [6.07, 6.45) is 0.764. The number of aryl methyl sites for hydroxylation is 2. The molecule has 2 heteroatoms. The lowest BCUT2D eigenvalue weighted by Crippen LogP contribution is -2.31. The van der Waals surface area contributed by atoms with Gasteiger partial charge in [0.15, 0.2) is 0 Å². The molecule has 21 heavy (non-hydrogen) atoms. The Labute approximate surface area is 127 Å². The molecule has 0 spiro atoms. The predicted octanol–water partition coefficient (Wildman–Crippen LogP) is 4.47. The van der Waals surface area contributed by atoms with Gasteiger partial charge in [-0.15, -0.1) is 0 Å². The Bertz CT molecular complexity index is 589. The summed E-state index contributed by atoms with van der Waals surface area (Å²) >= 11 is 0. The fraction of sp³-hybridized carbons (Fsp3) is 0.368. The van der Waals surface area contributed by atoms with Gasteiger partial charge in [0, 0.05) is 6.04 Å². The van der Waals surface area contributed by atoms with Crippen LogP contribution in [0.15, 0.2) is 42.5 Å². The summed E-state index contributed by atoms with van der Waals surface area (Å²) in [5.41, 5.74) is 11.1. The molecule has 0 aliphatic carbocycles. The Kier molecular flexibility index (Phi) is 5.03. The molecule has 2 aromatic carbocycles. The minimum absolute atomic E-state index is 0.0207. The normalized spacial score (nSPS) is 13.8. The first-order valence-electron chi connectivity index (χ1n) is 7.58. The van der Waals surface area contributed by atoms with Gasteiger partial charge in [0.1, 0.15) is 11.9 Å². The number of hydrogen-bond acceptors (Lipinski definition) is 2. The van der Waals surface area contributed by atoms with Crippen molar-refractivity contribution in [2.45, 2.75) is 46.3 Å². The second-order valence-electron chi connectivity index (χ2n) is 5.72. The van der Waals surface area contributed by atoms with Gasteiger partial charge in [-0.25, -0.2) is 0 Å². The van der Waals surface area contributed by atoms with E-state index in [1.807, 2.05) is 12.1 Å². The van der Waals surface area contributed by atoms with Crippen molar-refractivity contribution in [3.8, 4) is 5.75 Å². The van der Waals surface area contributed by atoms with E-state index in [9.17, 15) is 0 Å². The van der Waals surface area contributed by atoms with Gasteiger partial charge in [-0.05, 0) is 49.9 Å². The third-order valence-corrected chi connectivity index (χ3v) is 4.08.